The Labute approximate surface area is 133 Å². The molecule has 0 aromatic heterocycles. The third kappa shape index (κ3) is 3.94. The fourth-order valence-electron chi connectivity index (χ4n) is 2.34. The van der Waals surface area contributed by atoms with E-state index >= 15 is 0 Å². The standard InChI is InChI=1S/C21H24O/c1-15-6-7-16(2)18(14-15)10-13-20(22)17-8-11-19(12-9-17)21(3,4)5/h6-14H,1-5H3. The van der Waals surface area contributed by atoms with Crippen molar-refractivity contribution in [3.63, 3.8) is 0 Å². The van der Waals surface area contributed by atoms with Gasteiger partial charge in [0.05, 0.1) is 0 Å². The molecule has 1 heteroatoms. The molecule has 0 saturated heterocycles. The minimum Gasteiger partial charge on any atom is -0.289 e. The molecule has 22 heavy (non-hydrogen) atoms. The largest absolute Gasteiger partial charge is 0.289 e. The average Bonchev–Trinajstić information content (AvgIpc) is 2.47. The Hall–Kier alpha value is -2.15. The first-order chi connectivity index (χ1) is 10.3. The van der Waals surface area contributed by atoms with Crippen molar-refractivity contribution in [1.29, 1.82) is 0 Å². The van der Waals surface area contributed by atoms with E-state index in [-0.39, 0.29) is 11.2 Å². The molecule has 0 N–H and O–H groups in total. The van der Waals surface area contributed by atoms with Crippen molar-refractivity contribution in [2.45, 2.75) is 40.0 Å². The molecule has 0 bridgehead atoms. The molecule has 0 fully saturated rings. The van der Waals surface area contributed by atoms with E-state index in [0.717, 1.165) is 11.1 Å². The zero-order valence-corrected chi connectivity index (χ0v) is 14.1. The van der Waals surface area contributed by atoms with Crippen LogP contribution in [0.25, 0.3) is 6.08 Å². The van der Waals surface area contributed by atoms with Gasteiger partial charge in [0.1, 0.15) is 0 Å². The van der Waals surface area contributed by atoms with Gasteiger partial charge in [0.15, 0.2) is 5.78 Å². The van der Waals surface area contributed by atoms with Crippen LogP contribution in [0.4, 0.5) is 0 Å². The SMILES string of the molecule is Cc1ccc(C)c(C=CC(=O)c2ccc(C(C)(C)C)cc2)c1. The van der Waals surface area contributed by atoms with Gasteiger partial charge >= 0.3 is 0 Å². The maximum absolute atomic E-state index is 12.3. The first-order valence-corrected chi connectivity index (χ1v) is 7.67. The minimum absolute atomic E-state index is 0.0429. The number of hydrogen-bond donors (Lipinski definition) is 0. The summed E-state index contributed by atoms with van der Waals surface area (Å²) in [6.45, 7) is 10.6. The van der Waals surface area contributed by atoms with Crippen LogP contribution in [0.2, 0.25) is 0 Å². The summed E-state index contributed by atoms with van der Waals surface area (Å²) in [4.78, 5) is 12.3. The molecule has 0 aliphatic rings. The summed E-state index contributed by atoms with van der Waals surface area (Å²) in [7, 11) is 0. The Bertz CT molecular complexity index is 698. The number of rotatable bonds is 3. The van der Waals surface area contributed by atoms with E-state index < -0.39 is 0 Å². The summed E-state index contributed by atoms with van der Waals surface area (Å²) in [5.74, 6) is 0.0429. The van der Waals surface area contributed by atoms with Crippen LogP contribution in [0.3, 0.4) is 0 Å². The normalized spacial score (nSPS) is 11.9. The predicted octanol–water partition coefficient (Wildman–Crippen LogP) is 5.50. The smallest absolute Gasteiger partial charge is 0.185 e. The molecule has 0 amide bonds. The Morgan fingerprint density at radius 3 is 2.18 bits per heavy atom. The molecular formula is C21H24O. The lowest BCUT2D eigenvalue weighted by Crippen LogP contribution is -2.11. The van der Waals surface area contributed by atoms with Crippen LogP contribution in [0.5, 0.6) is 0 Å². The third-order valence-corrected chi connectivity index (χ3v) is 3.88. The van der Waals surface area contributed by atoms with Crippen molar-refractivity contribution < 1.29 is 4.79 Å². The highest BCUT2D eigenvalue weighted by atomic mass is 16.1. The van der Waals surface area contributed by atoms with Crippen LogP contribution in [0, 0.1) is 13.8 Å². The Morgan fingerprint density at radius 2 is 1.59 bits per heavy atom. The van der Waals surface area contributed by atoms with E-state index in [1.165, 1.54) is 16.7 Å². The first-order valence-electron chi connectivity index (χ1n) is 7.67. The lowest BCUT2D eigenvalue weighted by molar-refractivity contribution is 0.104. The van der Waals surface area contributed by atoms with Crippen molar-refractivity contribution in [3.05, 3.63) is 76.4 Å². The van der Waals surface area contributed by atoms with Gasteiger partial charge in [-0.15, -0.1) is 0 Å². The zero-order chi connectivity index (χ0) is 16.3. The Balaban J connectivity index is 2.18. The van der Waals surface area contributed by atoms with E-state index in [1.807, 2.05) is 30.3 Å². The minimum atomic E-state index is 0.0429. The van der Waals surface area contributed by atoms with Gasteiger partial charge in [0, 0.05) is 5.56 Å². The molecule has 114 valence electrons. The van der Waals surface area contributed by atoms with Gasteiger partial charge in [0.2, 0.25) is 0 Å². The molecule has 2 aromatic rings. The second-order valence-corrected chi connectivity index (χ2v) is 6.88. The fraction of sp³-hybridized carbons (Fsp3) is 0.286. The lowest BCUT2D eigenvalue weighted by Gasteiger charge is -2.18. The summed E-state index contributed by atoms with van der Waals surface area (Å²) in [6, 6.07) is 14.2. The molecule has 2 rings (SSSR count). The summed E-state index contributed by atoms with van der Waals surface area (Å²) in [5, 5.41) is 0. The van der Waals surface area contributed by atoms with Gasteiger partial charge in [-0.1, -0.05) is 74.9 Å². The maximum atomic E-state index is 12.3. The molecule has 0 radical (unpaired) electrons. The van der Waals surface area contributed by atoms with Gasteiger partial charge < -0.3 is 0 Å². The summed E-state index contributed by atoms with van der Waals surface area (Å²) < 4.78 is 0. The summed E-state index contributed by atoms with van der Waals surface area (Å²) >= 11 is 0. The summed E-state index contributed by atoms with van der Waals surface area (Å²) in [6.07, 6.45) is 3.57. The molecular weight excluding hydrogens is 268 g/mol. The molecule has 0 unspecified atom stereocenters. The first kappa shape index (κ1) is 16.2. The van der Waals surface area contributed by atoms with E-state index in [1.54, 1.807) is 6.08 Å². The monoisotopic (exact) mass is 292 g/mol. The number of hydrogen-bond acceptors (Lipinski definition) is 1. The number of ketones is 1. The van der Waals surface area contributed by atoms with Gasteiger partial charge in [-0.3, -0.25) is 4.79 Å². The number of benzene rings is 2. The van der Waals surface area contributed by atoms with E-state index in [0.29, 0.717) is 0 Å². The number of allylic oxidation sites excluding steroid dienone is 1. The van der Waals surface area contributed by atoms with Crippen molar-refractivity contribution in [2.24, 2.45) is 0 Å². The van der Waals surface area contributed by atoms with Crippen LogP contribution in [0.15, 0.2) is 48.5 Å². The number of carbonyl (C=O) groups excluding carboxylic acids is 1. The lowest BCUT2D eigenvalue weighted by atomic mass is 9.86. The highest BCUT2D eigenvalue weighted by Crippen LogP contribution is 2.22. The van der Waals surface area contributed by atoms with Gasteiger partial charge in [-0.05, 0) is 42.0 Å². The zero-order valence-electron chi connectivity index (χ0n) is 14.1. The van der Waals surface area contributed by atoms with E-state index in [4.69, 9.17) is 0 Å². The summed E-state index contributed by atoms with van der Waals surface area (Å²) in [5.41, 5.74) is 5.55. The second kappa shape index (κ2) is 6.31. The van der Waals surface area contributed by atoms with Crippen LogP contribution in [-0.2, 0) is 5.41 Å². The van der Waals surface area contributed by atoms with Gasteiger partial charge in [-0.2, -0.15) is 0 Å². The molecule has 0 saturated carbocycles. The highest BCUT2D eigenvalue weighted by Gasteiger charge is 2.13. The topological polar surface area (TPSA) is 17.1 Å². The van der Waals surface area contributed by atoms with Crippen LogP contribution >= 0.6 is 0 Å². The van der Waals surface area contributed by atoms with Crippen molar-refractivity contribution in [2.75, 3.05) is 0 Å². The fourth-order valence-corrected chi connectivity index (χ4v) is 2.34. The van der Waals surface area contributed by atoms with Crippen LogP contribution < -0.4 is 0 Å². The molecule has 0 aliphatic heterocycles. The third-order valence-electron chi connectivity index (χ3n) is 3.88. The van der Waals surface area contributed by atoms with Gasteiger partial charge in [0.25, 0.3) is 0 Å². The van der Waals surface area contributed by atoms with Crippen molar-refractivity contribution in [3.8, 4) is 0 Å². The number of carbonyl (C=O) groups is 1. The molecule has 0 spiro atoms. The van der Waals surface area contributed by atoms with E-state index in [2.05, 4.69) is 52.8 Å². The highest BCUT2D eigenvalue weighted by molar-refractivity contribution is 6.06. The number of aryl methyl sites for hydroxylation is 2. The van der Waals surface area contributed by atoms with Crippen molar-refractivity contribution >= 4 is 11.9 Å². The molecule has 1 nitrogen and oxygen atoms in total. The molecule has 0 atom stereocenters. The predicted molar refractivity (Wildman–Crippen MR) is 94.4 cm³/mol. The molecule has 0 heterocycles. The second-order valence-electron chi connectivity index (χ2n) is 6.88. The quantitative estimate of drug-likeness (QED) is 0.539. The average molecular weight is 292 g/mol. The van der Waals surface area contributed by atoms with Crippen molar-refractivity contribution in [1.82, 2.24) is 0 Å². The Morgan fingerprint density at radius 1 is 0.955 bits per heavy atom. The molecule has 2 aromatic carbocycles. The maximum Gasteiger partial charge on any atom is 0.185 e. The van der Waals surface area contributed by atoms with Crippen LogP contribution in [-0.4, -0.2) is 5.78 Å². The van der Waals surface area contributed by atoms with E-state index in [9.17, 15) is 4.79 Å². The Kier molecular flexibility index (Phi) is 4.65. The molecule has 0 aliphatic carbocycles. The van der Waals surface area contributed by atoms with Gasteiger partial charge in [-0.25, -0.2) is 0 Å². The van der Waals surface area contributed by atoms with Crippen LogP contribution in [0.1, 0.15) is 53.4 Å².